The Hall–Kier alpha value is -8.34. The molecule has 0 fully saturated rings. The molecule has 0 bridgehead atoms. The number of anilines is 8. The van der Waals surface area contributed by atoms with Crippen LogP contribution in [0.25, 0.3) is 44.5 Å². The number of para-hydroxylation sites is 2. The zero-order chi connectivity index (χ0) is 43.3. The van der Waals surface area contributed by atoms with E-state index < -0.39 is 0 Å². The highest BCUT2D eigenvalue weighted by Gasteiger charge is 2.45. The van der Waals surface area contributed by atoms with Crippen LogP contribution in [0.5, 0.6) is 0 Å². The third-order valence-corrected chi connectivity index (χ3v) is 13.0. The summed E-state index contributed by atoms with van der Waals surface area (Å²) in [6.07, 6.45) is 0. The van der Waals surface area contributed by atoms with E-state index in [0.29, 0.717) is 0 Å². The monoisotopic (exact) mass is 829 g/mol. The molecular weight excluding hydrogens is 786 g/mol. The van der Waals surface area contributed by atoms with Crippen molar-refractivity contribution in [2.75, 3.05) is 14.6 Å². The maximum atomic E-state index is 2.61. The van der Waals surface area contributed by atoms with Crippen molar-refractivity contribution in [1.29, 1.82) is 0 Å². The van der Waals surface area contributed by atoms with E-state index >= 15 is 0 Å². The fourth-order valence-electron chi connectivity index (χ4n) is 10.1. The van der Waals surface area contributed by atoms with E-state index in [1.807, 2.05) is 0 Å². The molecule has 4 heteroatoms. The van der Waals surface area contributed by atoms with Gasteiger partial charge in [0.1, 0.15) is 0 Å². The second-order valence-electron chi connectivity index (χ2n) is 17.0. The average Bonchev–Trinajstić information content (AvgIpc) is 3.38. The van der Waals surface area contributed by atoms with E-state index in [4.69, 9.17) is 0 Å². The Kier molecular flexibility index (Phi) is 9.49. The second kappa shape index (κ2) is 16.1. The Bertz CT molecular complexity index is 3260. The van der Waals surface area contributed by atoms with Crippen molar-refractivity contribution in [2.45, 2.75) is 6.92 Å². The maximum absolute atomic E-state index is 2.61. The molecule has 0 spiro atoms. The van der Waals surface area contributed by atoms with Gasteiger partial charge < -0.3 is 14.6 Å². The van der Waals surface area contributed by atoms with Crippen LogP contribution in [0.1, 0.15) is 5.56 Å². The Morgan fingerprint density at radius 3 is 1.35 bits per heavy atom. The smallest absolute Gasteiger partial charge is 0.333 e. The highest BCUT2D eigenvalue weighted by Crippen LogP contribution is 2.49. The van der Waals surface area contributed by atoms with E-state index in [0.717, 1.165) is 28.4 Å². The Balaban J connectivity index is 1.12. The zero-order valence-electron chi connectivity index (χ0n) is 36.1. The van der Waals surface area contributed by atoms with Crippen molar-refractivity contribution in [3.05, 3.63) is 254 Å². The van der Waals surface area contributed by atoms with E-state index in [9.17, 15) is 0 Å². The van der Waals surface area contributed by atoms with Crippen LogP contribution in [0.4, 0.5) is 45.5 Å². The molecule has 0 saturated carbocycles. The average molecular weight is 830 g/mol. The molecule has 3 nitrogen and oxygen atoms in total. The molecule has 2 heterocycles. The minimum absolute atomic E-state index is 0.126. The minimum Gasteiger partial charge on any atom is -0.376 e. The van der Waals surface area contributed by atoms with Gasteiger partial charge in [0.05, 0.1) is 0 Å². The lowest BCUT2D eigenvalue weighted by Gasteiger charge is -2.46. The number of hydrogen-bond donors (Lipinski definition) is 0. The van der Waals surface area contributed by atoms with Crippen LogP contribution < -0.4 is 25.5 Å². The number of aryl methyl sites for hydroxylation is 1. The van der Waals surface area contributed by atoms with Gasteiger partial charge in [-0.1, -0.05) is 170 Å². The summed E-state index contributed by atoms with van der Waals surface area (Å²) in [7, 11) is 0. The topological polar surface area (TPSA) is 9.72 Å². The third kappa shape index (κ3) is 6.79. The molecule has 0 radical (unpaired) electrons. The molecule has 0 saturated heterocycles. The first kappa shape index (κ1) is 38.3. The molecular formula is C61H44BN3. The van der Waals surface area contributed by atoms with Gasteiger partial charge in [0.15, 0.2) is 0 Å². The minimum atomic E-state index is -0.126. The molecule has 2 aliphatic heterocycles. The van der Waals surface area contributed by atoms with Crippen LogP contribution in [0, 0.1) is 6.92 Å². The normalized spacial score (nSPS) is 12.3. The van der Waals surface area contributed by atoms with Crippen LogP contribution in [-0.4, -0.2) is 6.85 Å². The van der Waals surface area contributed by atoms with Gasteiger partial charge in [-0.05, 0) is 141 Å². The lowest BCUT2D eigenvalue weighted by Crippen LogP contribution is -2.61. The van der Waals surface area contributed by atoms with Crippen LogP contribution in [0.15, 0.2) is 249 Å². The third-order valence-electron chi connectivity index (χ3n) is 13.0. The maximum Gasteiger partial charge on any atom is 0.333 e. The van der Waals surface area contributed by atoms with Crippen molar-refractivity contribution in [2.24, 2.45) is 0 Å². The van der Waals surface area contributed by atoms with Crippen molar-refractivity contribution in [3.8, 4) is 44.5 Å². The molecule has 2 aliphatic rings. The van der Waals surface area contributed by atoms with Gasteiger partial charge in [-0.15, -0.1) is 0 Å². The highest BCUT2D eigenvalue weighted by molar-refractivity contribution is 6.93. The van der Waals surface area contributed by atoms with Gasteiger partial charge in [-0.25, -0.2) is 0 Å². The van der Waals surface area contributed by atoms with Crippen molar-refractivity contribution in [1.82, 2.24) is 0 Å². The van der Waals surface area contributed by atoms with E-state index in [1.165, 1.54) is 78.1 Å². The van der Waals surface area contributed by atoms with E-state index in [2.05, 4.69) is 270 Å². The molecule has 10 aromatic carbocycles. The summed E-state index contributed by atoms with van der Waals surface area (Å²) in [5.41, 5.74) is 22.6. The first-order valence-electron chi connectivity index (χ1n) is 22.5. The summed E-state index contributed by atoms with van der Waals surface area (Å²) >= 11 is 0. The Labute approximate surface area is 381 Å². The van der Waals surface area contributed by atoms with Crippen molar-refractivity contribution >= 4 is 63.3 Å². The summed E-state index contributed by atoms with van der Waals surface area (Å²) in [6.45, 7) is 2.12. The predicted molar refractivity (Wildman–Crippen MR) is 276 cm³/mol. The van der Waals surface area contributed by atoms with Gasteiger partial charge in [-0.2, -0.15) is 0 Å². The molecule has 0 amide bonds. The summed E-state index contributed by atoms with van der Waals surface area (Å²) in [4.78, 5) is 7.48. The van der Waals surface area contributed by atoms with Crippen LogP contribution in [-0.2, 0) is 0 Å². The molecule has 0 unspecified atom stereocenters. The Morgan fingerprint density at radius 2 is 0.800 bits per heavy atom. The standard InChI is InChI=1S/C61H44BN3/c1-43-39-56-55-42-54(63(50-23-13-5-14-24-50)51-25-15-6-16-26-51)36-38-58(55)65(53-34-29-48(30-35-53)45-19-9-3-10-20-45)62-57-41-49(46-21-11-4-12-22-46)31-37-59(57)64(60(40-43)61(56)62)52-32-27-47(28-33-52)44-17-7-2-8-18-44/h2-42H,1H3. The molecule has 65 heavy (non-hydrogen) atoms. The molecule has 10 aromatic rings. The van der Waals surface area contributed by atoms with Crippen molar-refractivity contribution in [3.63, 3.8) is 0 Å². The summed E-state index contributed by atoms with van der Waals surface area (Å²) in [5, 5.41) is 0. The number of nitrogens with zero attached hydrogens (tertiary/aromatic N) is 3. The summed E-state index contributed by atoms with van der Waals surface area (Å²) < 4.78 is 0. The predicted octanol–water partition coefficient (Wildman–Crippen LogP) is 15.2. The quantitative estimate of drug-likeness (QED) is 0.141. The van der Waals surface area contributed by atoms with Crippen molar-refractivity contribution < 1.29 is 0 Å². The first-order valence-corrected chi connectivity index (χ1v) is 22.5. The lowest BCUT2D eigenvalue weighted by atomic mass is 9.43. The molecule has 0 aromatic heterocycles. The number of hydrogen-bond acceptors (Lipinski definition) is 3. The van der Waals surface area contributed by atoms with Crippen LogP contribution >= 0.6 is 0 Å². The fourth-order valence-corrected chi connectivity index (χ4v) is 10.1. The molecule has 0 aliphatic carbocycles. The molecule has 0 atom stereocenters. The summed E-state index contributed by atoms with van der Waals surface area (Å²) in [6, 6.07) is 90.8. The number of rotatable bonds is 8. The fraction of sp³-hybridized carbons (Fsp3) is 0.0164. The first-order chi connectivity index (χ1) is 32.2. The SMILES string of the molecule is Cc1cc2c3c(c1)N(c1ccc(-c4ccccc4)cc1)c1ccc(-c4ccccc4)cc1B3N(c1ccc(-c3ccccc3)cc1)c1ccc(N(c3ccccc3)c3ccccc3)cc1-2. The van der Waals surface area contributed by atoms with E-state index in [1.54, 1.807) is 0 Å². The van der Waals surface area contributed by atoms with Gasteiger partial charge in [0.2, 0.25) is 0 Å². The lowest BCUT2D eigenvalue weighted by molar-refractivity contribution is 1.25. The second-order valence-corrected chi connectivity index (χ2v) is 17.0. The van der Waals surface area contributed by atoms with Gasteiger partial charge >= 0.3 is 6.85 Å². The Morgan fingerprint density at radius 1 is 0.338 bits per heavy atom. The molecule has 12 rings (SSSR count). The van der Waals surface area contributed by atoms with Gasteiger partial charge in [0, 0.05) is 51.1 Å². The largest absolute Gasteiger partial charge is 0.376 e. The van der Waals surface area contributed by atoms with Gasteiger partial charge in [0.25, 0.3) is 0 Å². The van der Waals surface area contributed by atoms with Gasteiger partial charge in [-0.3, -0.25) is 0 Å². The number of fused-ring (bicyclic) bond motifs is 4. The van der Waals surface area contributed by atoms with Crippen LogP contribution in [0.3, 0.4) is 0 Å². The summed E-state index contributed by atoms with van der Waals surface area (Å²) in [5.74, 6) is 0. The zero-order valence-corrected chi connectivity index (χ0v) is 36.1. The van der Waals surface area contributed by atoms with E-state index in [-0.39, 0.29) is 6.85 Å². The molecule has 0 N–H and O–H groups in total. The highest BCUT2D eigenvalue weighted by atomic mass is 15.2. The molecule has 306 valence electrons. The van der Waals surface area contributed by atoms with Crippen LogP contribution in [0.2, 0.25) is 0 Å². The number of benzene rings is 10.